The van der Waals surface area contributed by atoms with E-state index >= 15 is 0 Å². The summed E-state index contributed by atoms with van der Waals surface area (Å²) in [6, 6.07) is 0. The molecule has 0 aromatic rings. The van der Waals surface area contributed by atoms with Crippen LogP contribution in [0.5, 0.6) is 0 Å². The first-order chi connectivity index (χ1) is 5.36. The van der Waals surface area contributed by atoms with E-state index in [1.165, 1.54) is 12.8 Å². The Balaban J connectivity index is 2.09. The predicted molar refractivity (Wildman–Crippen MR) is 44.4 cm³/mol. The van der Waals surface area contributed by atoms with E-state index in [1.807, 2.05) is 0 Å². The van der Waals surface area contributed by atoms with Crippen molar-refractivity contribution in [2.75, 3.05) is 6.61 Å². The molecule has 2 atom stereocenters. The van der Waals surface area contributed by atoms with E-state index in [0.29, 0.717) is 6.10 Å². The fourth-order valence-electron chi connectivity index (χ4n) is 1.31. The Morgan fingerprint density at radius 3 is 2.73 bits per heavy atom. The van der Waals surface area contributed by atoms with Gasteiger partial charge in [0, 0.05) is 0 Å². The van der Waals surface area contributed by atoms with Gasteiger partial charge in [-0.3, -0.25) is 0 Å². The van der Waals surface area contributed by atoms with Gasteiger partial charge in [0.1, 0.15) is 0 Å². The second-order valence-electron chi connectivity index (χ2n) is 3.07. The van der Waals surface area contributed by atoms with Crippen LogP contribution in [0.15, 0.2) is 0 Å². The summed E-state index contributed by atoms with van der Waals surface area (Å²) >= 11 is 0. The monoisotopic (exact) mass is 158 g/mol. The standard InChI is InChI=1S/C9H18O2/c1-3-5-6-8-7-10-9(4-2)11-8/h8-9H,3-7H2,1-2H3. The van der Waals surface area contributed by atoms with Gasteiger partial charge < -0.3 is 9.47 Å². The summed E-state index contributed by atoms with van der Waals surface area (Å²) in [7, 11) is 0. The summed E-state index contributed by atoms with van der Waals surface area (Å²) in [6.45, 7) is 5.10. The molecule has 1 rings (SSSR count). The first kappa shape index (κ1) is 9.01. The molecule has 0 N–H and O–H groups in total. The van der Waals surface area contributed by atoms with Gasteiger partial charge in [0.25, 0.3) is 0 Å². The van der Waals surface area contributed by atoms with Crippen molar-refractivity contribution in [1.82, 2.24) is 0 Å². The second kappa shape index (κ2) is 4.73. The Kier molecular flexibility index (Phi) is 3.87. The lowest BCUT2D eigenvalue weighted by Gasteiger charge is -2.08. The molecule has 0 aliphatic carbocycles. The highest BCUT2D eigenvalue weighted by Gasteiger charge is 2.23. The van der Waals surface area contributed by atoms with Gasteiger partial charge >= 0.3 is 0 Å². The van der Waals surface area contributed by atoms with E-state index < -0.39 is 0 Å². The fourth-order valence-corrected chi connectivity index (χ4v) is 1.31. The van der Waals surface area contributed by atoms with Crippen molar-refractivity contribution in [1.29, 1.82) is 0 Å². The molecular weight excluding hydrogens is 140 g/mol. The molecule has 0 radical (unpaired) electrons. The van der Waals surface area contributed by atoms with Crippen LogP contribution in [0.25, 0.3) is 0 Å². The fraction of sp³-hybridized carbons (Fsp3) is 1.00. The number of ether oxygens (including phenoxy) is 2. The molecule has 0 amide bonds. The second-order valence-corrected chi connectivity index (χ2v) is 3.07. The van der Waals surface area contributed by atoms with Crippen molar-refractivity contribution >= 4 is 0 Å². The minimum atomic E-state index is 0.0804. The van der Waals surface area contributed by atoms with Gasteiger partial charge in [0.2, 0.25) is 0 Å². The molecule has 2 nitrogen and oxygen atoms in total. The molecule has 1 saturated heterocycles. The van der Waals surface area contributed by atoms with Gasteiger partial charge in [-0.25, -0.2) is 0 Å². The number of unbranched alkanes of at least 4 members (excludes halogenated alkanes) is 1. The van der Waals surface area contributed by atoms with Crippen molar-refractivity contribution in [3.05, 3.63) is 0 Å². The van der Waals surface area contributed by atoms with Crippen molar-refractivity contribution in [3.8, 4) is 0 Å². The zero-order valence-electron chi connectivity index (χ0n) is 7.51. The van der Waals surface area contributed by atoms with Gasteiger partial charge in [-0.1, -0.05) is 26.7 Å². The van der Waals surface area contributed by atoms with Crippen LogP contribution >= 0.6 is 0 Å². The Hall–Kier alpha value is -0.0800. The zero-order chi connectivity index (χ0) is 8.10. The van der Waals surface area contributed by atoms with Crippen LogP contribution in [0.2, 0.25) is 0 Å². The van der Waals surface area contributed by atoms with Gasteiger partial charge in [0.05, 0.1) is 12.7 Å². The van der Waals surface area contributed by atoms with E-state index in [2.05, 4.69) is 13.8 Å². The lowest BCUT2D eigenvalue weighted by atomic mass is 10.2. The Bertz CT molecular complexity index is 104. The smallest absolute Gasteiger partial charge is 0.157 e. The highest BCUT2D eigenvalue weighted by Crippen LogP contribution is 2.18. The number of rotatable bonds is 4. The van der Waals surface area contributed by atoms with Crippen LogP contribution < -0.4 is 0 Å². The Morgan fingerprint density at radius 2 is 2.18 bits per heavy atom. The van der Waals surface area contributed by atoms with E-state index in [0.717, 1.165) is 19.4 Å². The van der Waals surface area contributed by atoms with E-state index in [-0.39, 0.29) is 6.29 Å². The van der Waals surface area contributed by atoms with Crippen molar-refractivity contribution < 1.29 is 9.47 Å². The molecule has 0 spiro atoms. The Labute approximate surface area is 68.9 Å². The normalized spacial score (nSPS) is 31.1. The predicted octanol–water partition coefficient (Wildman–Crippen LogP) is 2.33. The Morgan fingerprint density at radius 1 is 1.36 bits per heavy atom. The van der Waals surface area contributed by atoms with Crippen molar-refractivity contribution in [2.24, 2.45) is 0 Å². The molecule has 1 fully saturated rings. The maximum atomic E-state index is 5.59. The van der Waals surface area contributed by atoms with Gasteiger partial charge in [0.15, 0.2) is 6.29 Å². The summed E-state index contributed by atoms with van der Waals surface area (Å²) in [4.78, 5) is 0. The first-order valence-corrected chi connectivity index (χ1v) is 4.63. The summed E-state index contributed by atoms with van der Waals surface area (Å²) < 4.78 is 11.0. The molecule has 1 aliphatic rings. The SMILES string of the molecule is CCCCC1COC(CC)O1. The minimum Gasteiger partial charge on any atom is -0.350 e. The van der Waals surface area contributed by atoms with Crippen LogP contribution in [-0.2, 0) is 9.47 Å². The molecule has 1 heterocycles. The average Bonchev–Trinajstić information content (AvgIpc) is 2.48. The third-order valence-corrected chi connectivity index (χ3v) is 2.03. The van der Waals surface area contributed by atoms with E-state index in [9.17, 15) is 0 Å². The van der Waals surface area contributed by atoms with Crippen LogP contribution in [0, 0.1) is 0 Å². The third kappa shape index (κ3) is 2.80. The van der Waals surface area contributed by atoms with Crippen LogP contribution in [0.1, 0.15) is 39.5 Å². The lowest BCUT2D eigenvalue weighted by Crippen LogP contribution is -2.11. The largest absolute Gasteiger partial charge is 0.350 e. The van der Waals surface area contributed by atoms with E-state index in [4.69, 9.17) is 9.47 Å². The molecule has 2 heteroatoms. The third-order valence-electron chi connectivity index (χ3n) is 2.03. The maximum absolute atomic E-state index is 5.59. The van der Waals surface area contributed by atoms with Gasteiger partial charge in [-0.15, -0.1) is 0 Å². The molecule has 66 valence electrons. The highest BCUT2D eigenvalue weighted by molar-refractivity contribution is 4.64. The lowest BCUT2D eigenvalue weighted by molar-refractivity contribution is -0.0597. The topological polar surface area (TPSA) is 18.5 Å². The summed E-state index contributed by atoms with van der Waals surface area (Å²) in [5.74, 6) is 0. The zero-order valence-corrected chi connectivity index (χ0v) is 7.51. The van der Waals surface area contributed by atoms with Crippen LogP contribution in [0.4, 0.5) is 0 Å². The van der Waals surface area contributed by atoms with Crippen LogP contribution in [-0.4, -0.2) is 19.0 Å². The molecule has 0 saturated carbocycles. The molecule has 0 bridgehead atoms. The molecule has 2 unspecified atom stereocenters. The molecular formula is C9H18O2. The van der Waals surface area contributed by atoms with E-state index in [1.54, 1.807) is 0 Å². The maximum Gasteiger partial charge on any atom is 0.157 e. The van der Waals surface area contributed by atoms with Crippen LogP contribution in [0.3, 0.4) is 0 Å². The summed E-state index contributed by atoms with van der Waals surface area (Å²) in [5.41, 5.74) is 0. The quantitative estimate of drug-likeness (QED) is 0.625. The molecule has 0 aromatic heterocycles. The average molecular weight is 158 g/mol. The molecule has 0 aromatic carbocycles. The summed E-state index contributed by atoms with van der Waals surface area (Å²) in [6.07, 6.45) is 5.09. The highest BCUT2D eigenvalue weighted by atomic mass is 16.7. The van der Waals surface area contributed by atoms with Crippen molar-refractivity contribution in [3.63, 3.8) is 0 Å². The molecule has 11 heavy (non-hydrogen) atoms. The van der Waals surface area contributed by atoms with Crippen molar-refractivity contribution in [2.45, 2.75) is 51.9 Å². The first-order valence-electron chi connectivity index (χ1n) is 4.63. The minimum absolute atomic E-state index is 0.0804. The number of hydrogen-bond donors (Lipinski definition) is 0. The molecule has 1 aliphatic heterocycles. The van der Waals surface area contributed by atoms with Gasteiger partial charge in [-0.05, 0) is 12.8 Å². The number of hydrogen-bond acceptors (Lipinski definition) is 2. The van der Waals surface area contributed by atoms with Gasteiger partial charge in [-0.2, -0.15) is 0 Å². The summed E-state index contributed by atoms with van der Waals surface area (Å²) in [5, 5.41) is 0.